The summed E-state index contributed by atoms with van der Waals surface area (Å²) in [6.45, 7) is 10.0. The molecule has 2 N–H and O–H groups in total. The summed E-state index contributed by atoms with van der Waals surface area (Å²) in [7, 11) is 0. The van der Waals surface area contributed by atoms with Crippen molar-refractivity contribution in [3.63, 3.8) is 0 Å². The van der Waals surface area contributed by atoms with Crippen LogP contribution in [0.25, 0.3) is 0 Å². The van der Waals surface area contributed by atoms with Crippen molar-refractivity contribution in [3.05, 3.63) is 59.2 Å². The second-order valence-electron chi connectivity index (χ2n) is 11.8. The maximum absolute atomic E-state index is 12.9. The average molecular weight is 537 g/mol. The standard InChI is InChI=1S/C32H44N2O5/c1-32(2,3)25-14-11-23(12-15-25)27(35)9-5-4-6-10-30(36)33-26(22-34-17-7-8-18-34)31(37)24-13-16-28-29(21-24)39-20-19-38-28/h11-16,21,26,31,37H,4-10,17-20,22H2,1-3H3,(H,33,36)/t26-,31+/m1/s1. The lowest BCUT2D eigenvalue weighted by Gasteiger charge is -2.29. The number of rotatable bonds is 12. The van der Waals surface area contributed by atoms with Gasteiger partial charge in [0, 0.05) is 24.9 Å². The molecule has 1 saturated heterocycles. The second kappa shape index (κ2) is 13.4. The van der Waals surface area contributed by atoms with Gasteiger partial charge in [0.05, 0.1) is 6.04 Å². The number of ketones is 1. The van der Waals surface area contributed by atoms with Crippen LogP contribution in [0, 0.1) is 0 Å². The molecule has 0 unspecified atom stereocenters. The minimum Gasteiger partial charge on any atom is -0.486 e. The maximum Gasteiger partial charge on any atom is 0.220 e. The van der Waals surface area contributed by atoms with E-state index in [1.54, 1.807) is 0 Å². The molecule has 1 amide bonds. The highest BCUT2D eigenvalue weighted by Crippen LogP contribution is 2.33. The van der Waals surface area contributed by atoms with Gasteiger partial charge in [0.25, 0.3) is 0 Å². The van der Waals surface area contributed by atoms with E-state index < -0.39 is 12.1 Å². The molecule has 0 radical (unpaired) electrons. The smallest absolute Gasteiger partial charge is 0.220 e. The summed E-state index contributed by atoms with van der Waals surface area (Å²) in [5.74, 6) is 1.38. The molecule has 39 heavy (non-hydrogen) atoms. The molecule has 2 atom stereocenters. The molecule has 4 rings (SSSR count). The molecule has 0 bridgehead atoms. The monoisotopic (exact) mass is 536 g/mol. The highest BCUT2D eigenvalue weighted by Gasteiger charge is 2.27. The number of ether oxygens (including phenoxy) is 2. The van der Waals surface area contributed by atoms with Gasteiger partial charge < -0.3 is 24.8 Å². The molecule has 2 aromatic rings. The van der Waals surface area contributed by atoms with Gasteiger partial charge in [-0.3, -0.25) is 9.59 Å². The first-order valence-corrected chi connectivity index (χ1v) is 14.4. The number of amides is 1. The molecule has 0 spiro atoms. The van der Waals surface area contributed by atoms with E-state index >= 15 is 0 Å². The minimum absolute atomic E-state index is 0.0651. The largest absolute Gasteiger partial charge is 0.486 e. The van der Waals surface area contributed by atoms with Crippen LogP contribution in [0.4, 0.5) is 0 Å². The van der Waals surface area contributed by atoms with Crippen LogP contribution in [0.2, 0.25) is 0 Å². The Balaban J connectivity index is 1.25. The number of benzene rings is 2. The number of Topliss-reactive ketones (excluding diaryl/α,β-unsaturated/α-hetero) is 1. The van der Waals surface area contributed by atoms with E-state index in [-0.39, 0.29) is 17.1 Å². The highest BCUT2D eigenvalue weighted by atomic mass is 16.6. The molecule has 7 heteroatoms. The minimum atomic E-state index is -0.854. The van der Waals surface area contributed by atoms with Gasteiger partial charge in [0.15, 0.2) is 17.3 Å². The molecule has 212 valence electrons. The molecule has 2 aliphatic rings. The van der Waals surface area contributed by atoms with Crippen molar-refractivity contribution in [1.82, 2.24) is 10.2 Å². The summed E-state index contributed by atoms with van der Waals surface area (Å²) in [5.41, 5.74) is 2.74. The lowest BCUT2D eigenvalue weighted by molar-refractivity contribution is -0.123. The molecule has 2 heterocycles. The van der Waals surface area contributed by atoms with Crippen LogP contribution in [-0.4, -0.2) is 60.6 Å². The topological polar surface area (TPSA) is 88.1 Å². The van der Waals surface area contributed by atoms with Crippen molar-refractivity contribution in [2.75, 3.05) is 32.8 Å². The number of carbonyl (C=O) groups is 2. The van der Waals surface area contributed by atoms with E-state index in [2.05, 4.69) is 31.0 Å². The third-order valence-corrected chi connectivity index (χ3v) is 7.67. The zero-order chi connectivity index (χ0) is 27.8. The Kier molecular flexibility index (Phi) is 10.0. The van der Waals surface area contributed by atoms with Crippen LogP contribution < -0.4 is 14.8 Å². The fourth-order valence-corrected chi connectivity index (χ4v) is 5.27. The Morgan fingerprint density at radius 3 is 2.28 bits per heavy atom. The number of fused-ring (bicyclic) bond motifs is 1. The van der Waals surface area contributed by atoms with E-state index in [1.165, 1.54) is 5.56 Å². The number of likely N-dealkylation sites (tertiary alicyclic amines) is 1. The summed E-state index contributed by atoms with van der Waals surface area (Å²) >= 11 is 0. The number of carbonyl (C=O) groups excluding carboxylic acids is 2. The molecule has 0 aromatic heterocycles. The van der Waals surface area contributed by atoms with E-state index in [4.69, 9.17) is 9.47 Å². The summed E-state index contributed by atoms with van der Waals surface area (Å²) in [6, 6.07) is 13.0. The molecular formula is C32H44N2O5. The van der Waals surface area contributed by atoms with Crippen LogP contribution in [-0.2, 0) is 10.2 Å². The maximum atomic E-state index is 12.9. The highest BCUT2D eigenvalue weighted by molar-refractivity contribution is 5.96. The van der Waals surface area contributed by atoms with Crippen LogP contribution in [0.5, 0.6) is 11.5 Å². The Morgan fingerprint density at radius 2 is 1.59 bits per heavy atom. The Labute approximate surface area is 232 Å². The van der Waals surface area contributed by atoms with Gasteiger partial charge in [-0.05, 0) is 67.4 Å². The van der Waals surface area contributed by atoms with Crippen molar-refractivity contribution in [3.8, 4) is 11.5 Å². The SMILES string of the molecule is CC(C)(C)c1ccc(C(=O)CCCCCC(=O)N[C@H](CN2CCCC2)[C@@H](O)c2ccc3c(c2)OCCO3)cc1. The quantitative estimate of drug-likeness (QED) is 0.286. The number of unbranched alkanes of at least 4 members (excludes halogenated alkanes) is 2. The third-order valence-electron chi connectivity index (χ3n) is 7.67. The van der Waals surface area contributed by atoms with Gasteiger partial charge in [0.2, 0.25) is 5.91 Å². The lowest BCUT2D eigenvalue weighted by Crippen LogP contribution is -2.46. The zero-order valence-corrected chi connectivity index (χ0v) is 23.7. The fraction of sp³-hybridized carbons (Fsp3) is 0.562. The molecule has 7 nitrogen and oxygen atoms in total. The van der Waals surface area contributed by atoms with Gasteiger partial charge in [-0.25, -0.2) is 0 Å². The van der Waals surface area contributed by atoms with E-state index in [1.807, 2.05) is 42.5 Å². The van der Waals surface area contributed by atoms with Gasteiger partial charge in [-0.1, -0.05) is 57.5 Å². The normalized spacial score (nSPS) is 17.0. The number of aliphatic hydroxyl groups excluding tert-OH is 1. The van der Waals surface area contributed by atoms with E-state index in [9.17, 15) is 14.7 Å². The molecule has 1 fully saturated rings. The molecule has 2 aliphatic heterocycles. The molecule has 2 aromatic carbocycles. The first-order valence-electron chi connectivity index (χ1n) is 14.4. The number of hydrogen-bond acceptors (Lipinski definition) is 6. The Bertz CT molecular complexity index is 1100. The zero-order valence-electron chi connectivity index (χ0n) is 23.7. The second-order valence-corrected chi connectivity index (χ2v) is 11.8. The molecular weight excluding hydrogens is 492 g/mol. The van der Waals surface area contributed by atoms with Crippen LogP contribution in [0.3, 0.4) is 0 Å². The summed E-state index contributed by atoms with van der Waals surface area (Å²) in [5, 5.41) is 14.4. The van der Waals surface area contributed by atoms with Gasteiger partial charge in [-0.2, -0.15) is 0 Å². The first kappa shape index (κ1) is 29.1. The summed E-state index contributed by atoms with van der Waals surface area (Å²) < 4.78 is 11.3. The van der Waals surface area contributed by atoms with Gasteiger partial charge >= 0.3 is 0 Å². The lowest BCUT2D eigenvalue weighted by atomic mass is 9.86. The Morgan fingerprint density at radius 1 is 0.923 bits per heavy atom. The fourth-order valence-electron chi connectivity index (χ4n) is 5.27. The van der Waals surface area contributed by atoms with Gasteiger partial charge in [-0.15, -0.1) is 0 Å². The third kappa shape index (κ3) is 8.29. The van der Waals surface area contributed by atoms with Crippen LogP contribution in [0.15, 0.2) is 42.5 Å². The number of nitrogens with one attached hydrogen (secondary N) is 1. The van der Waals surface area contributed by atoms with Gasteiger partial charge in [0.1, 0.15) is 19.3 Å². The van der Waals surface area contributed by atoms with Crippen molar-refractivity contribution < 1.29 is 24.2 Å². The van der Waals surface area contributed by atoms with E-state index in [0.717, 1.165) is 44.3 Å². The predicted octanol–water partition coefficient (Wildman–Crippen LogP) is 5.20. The molecule has 0 saturated carbocycles. The number of aliphatic hydroxyl groups is 1. The predicted molar refractivity (Wildman–Crippen MR) is 153 cm³/mol. The molecule has 0 aliphatic carbocycles. The number of nitrogens with zero attached hydrogens (tertiary/aromatic N) is 1. The van der Waals surface area contributed by atoms with Crippen molar-refractivity contribution >= 4 is 11.7 Å². The van der Waals surface area contributed by atoms with Crippen LogP contribution >= 0.6 is 0 Å². The average Bonchev–Trinajstić information content (AvgIpc) is 3.44. The van der Waals surface area contributed by atoms with Crippen LogP contribution in [0.1, 0.15) is 93.3 Å². The van der Waals surface area contributed by atoms with Crippen molar-refractivity contribution in [2.45, 2.75) is 83.3 Å². The first-order chi connectivity index (χ1) is 18.7. The Hall–Kier alpha value is -2.90. The van der Waals surface area contributed by atoms with Crippen molar-refractivity contribution in [1.29, 1.82) is 0 Å². The summed E-state index contributed by atoms with van der Waals surface area (Å²) in [4.78, 5) is 27.8. The van der Waals surface area contributed by atoms with Crippen molar-refractivity contribution in [2.24, 2.45) is 0 Å². The summed E-state index contributed by atoms with van der Waals surface area (Å²) in [6.07, 6.45) is 4.55. The number of hydrogen-bond donors (Lipinski definition) is 2. The van der Waals surface area contributed by atoms with E-state index in [0.29, 0.717) is 56.1 Å².